The molecule has 0 aliphatic carbocycles. The first-order valence-electron chi connectivity index (χ1n) is 15.9. The molecule has 12 nitrogen and oxygen atoms in total. The molecule has 2 saturated heterocycles. The molecule has 0 spiro atoms. The maximum absolute atomic E-state index is 14.0. The minimum atomic E-state index is -4.24. The van der Waals surface area contributed by atoms with Crippen LogP contribution in [0, 0.1) is 5.92 Å². The Morgan fingerprint density at radius 2 is 1.65 bits per heavy atom. The molecule has 0 radical (unpaired) electrons. The highest BCUT2D eigenvalue weighted by molar-refractivity contribution is 7.89. The Balaban J connectivity index is 1.39. The molecule has 2 heterocycles. The van der Waals surface area contributed by atoms with Gasteiger partial charge in [0.05, 0.1) is 20.5 Å². The number of esters is 1. The summed E-state index contributed by atoms with van der Waals surface area (Å²) in [6.45, 7) is 3.93. The van der Waals surface area contributed by atoms with Gasteiger partial charge in [0, 0.05) is 19.4 Å². The summed E-state index contributed by atoms with van der Waals surface area (Å²) in [5, 5.41) is 6.03. The lowest BCUT2D eigenvalue weighted by Gasteiger charge is -2.43. The smallest absolute Gasteiger partial charge is 0.343 e. The van der Waals surface area contributed by atoms with Gasteiger partial charge in [0.15, 0.2) is 5.78 Å². The Kier molecular flexibility index (Phi) is 11.3. The van der Waals surface area contributed by atoms with Crippen molar-refractivity contribution >= 4 is 73.5 Å². The van der Waals surface area contributed by atoms with Gasteiger partial charge in [0.2, 0.25) is 28.1 Å². The zero-order chi connectivity index (χ0) is 35.5. The van der Waals surface area contributed by atoms with E-state index in [0.29, 0.717) is 18.2 Å². The second-order valence-corrected chi connectivity index (χ2v) is 14.9. The number of carbonyl (C=O) groups excluding carboxylic acids is 5. The molecule has 2 aliphatic rings. The Labute approximate surface area is 294 Å². The Bertz CT molecular complexity index is 1880. The van der Waals surface area contributed by atoms with Gasteiger partial charge in [-0.1, -0.05) is 73.4 Å². The highest BCUT2D eigenvalue weighted by Gasteiger charge is 2.46. The van der Waals surface area contributed by atoms with Gasteiger partial charge in [0.25, 0.3) is 5.91 Å². The molecule has 0 saturated carbocycles. The monoisotopic (exact) mass is 730 g/mol. The van der Waals surface area contributed by atoms with E-state index in [4.69, 9.17) is 27.9 Å². The van der Waals surface area contributed by atoms with Gasteiger partial charge in [0.1, 0.15) is 12.1 Å². The molecular weight excluding hydrogens is 695 g/mol. The van der Waals surface area contributed by atoms with E-state index in [1.165, 1.54) is 30.3 Å². The number of Topliss-reactive ketones (excluding diaryl/α,β-unsaturated/α-hetero) is 1. The highest BCUT2D eigenvalue weighted by atomic mass is 35.5. The zero-order valence-electron chi connectivity index (χ0n) is 26.9. The van der Waals surface area contributed by atoms with E-state index >= 15 is 0 Å². The number of hydrogen-bond donors (Lipinski definition) is 2. The van der Waals surface area contributed by atoms with Crippen LogP contribution in [0.15, 0.2) is 65.6 Å². The fourth-order valence-electron chi connectivity index (χ4n) is 5.79. The predicted molar refractivity (Wildman–Crippen MR) is 182 cm³/mol. The lowest BCUT2D eigenvalue weighted by atomic mass is 10.0. The fraction of sp³-hybridized carbons (Fsp3) is 0.382. The number of ketones is 1. The summed E-state index contributed by atoms with van der Waals surface area (Å²) in [7, 11) is -4.24. The van der Waals surface area contributed by atoms with E-state index in [9.17, 15) is 32.4 Å². The molecule has 3 amide bonds. The molecule has 15 heteroatoms. The van der Waals surface area contributed by atoms with E-state index in [-0.39, 0.29) is 58.7 Å². The van der Waals surface area contributed by atoms with Crippen LogP contribution in [0.1, 0.15) is 62.7 Å². The Morgan fingerprint density at radius 1 is 0.959 bits per heavy atom. The van der Waals surface area contributed by atoms with Crippen molar-refractivity contribution in [3.05, 3.63) is 76.3 Å². The molecule has 2 aliphatic heterocycles. The number of amides is 3. The molecule has 260 valence electrons. The Morgan fingerprint density at radius 3 is 2.35 bits per heavy atom. The average Bonchev–Trinajstić information content (AvgIpc) is 3.18. The quantitative estimate of drug-likeness (QED) is 0.214. The number of rotatable bonds is 11. The number of hydrazine groups is 1. The molecule has 2 N–H and O–H groups in total. The van der Waals surface area contributed by atoms with Gasteiger partial charge in [-0.25, -0.2) is 18.2 Å². The van der Waals surface area contributed by atoms with Gasteiger partial charge in [-0.2, -0.15) is 4.72 Å². The van der Waals surface area contributed by atoms with Crippen LogP contribution in [0.3, 0.4) is 0 Å². The lowest BCUT2D eigenvalue weighted by Crippen LogP contribution is -2.64. The summed E-state index contributed by atoms with van der Waals surface area (Å²) in [6.07, 6.45) is -1.24. The second-order valence-electron chi connectivity index (χ2n) is 12.4. The van der Waals surface area contributed by atoms with Crippen LogP contribution in [-0.4, -0.2) is 72.8 Å². The highest BCUT2D eigenvalue weighted by Crippen LogP contribution is 2.28. The first kappa shape index (κ1) is 36.2. The summed E-state index contributed by atoms with van der Waals surface area (Å²) in [5.74, 6) is -3.68. The van der Waals surface area contributed by atoms with E-state index in [1.807, 2.05) is 26.0 Å². The minimum absolute atomic E-state index is 0.0222. The fourth-order valence-corrected chi connectivity index (χ4v) is 7.60. The van der Waals surface area contributed by atoms with Crippen LogP contribution >= 0.6 is 23.2 Å². The number of sulfonamides is 1. The number of ether oxygens (including phenoxy) is 1. The van der Waals surface area contributed by atoms with Crippen molar-refractivity contribution in [2.75, 3.05) is 6.54 Å². The van der Waals surface area contributed by atoms with Crippen molar-refractivity contribution in [1.82, 2.24) is 20.1 Å². The van der Waals surface area contributed by atoms with Crippen LogP contribution in [-0.2, 0) is 33.9 Å². The molecule has 49 heavy (non-hydrogen) atoms. The largest absolute Gasteiger partial charge is 0.430 e. The number of benzene rings is 3. The van der Waals surface area contributed by atoms with Gasteiger partial charge in [-0.3, -0.25) is 24.2 Å². The van der Waals surface area contributed by atoms with Crippen molar-refractivity contribution in [2.45, 2.75) is 75.6 Å². The van der Waals surface area contributed by atoms with Crippen LogP contribution < -0.4 is 10.0 Å². The maximum Gasteiger partial charge on any atom is 0.343 e. The van der Waals surface area contributed by atoms with Crippen LogP contribution in [0.2, 0.25) is 10.0 Å². The average molecular weight is 732 g/mol. The summed E-state index contributed by atoms with van der Waals surface area (Å²) in [4.78, 5) is 67.5. The van der Waals surface area contributed by atoms with E-state index in [1.54, 1.807) is 18.2 Å². The van der Waals surface area contributed by atoms with Gasteiger partial charge in [-0.15, -0.1) is 0 Å². The van der Waals surface area contributed by atoms with E-state index in [2.05, 4.69) is 10.0 Å². The molecule has 3 aromatic rings. The van der Waals surface area contributed by atoms with E-state index in [0.717, 1.165) is 15.4 Å². The lowest BCUT2D eigenvalue weighted by molar-refractivity contribution is -0.176. The number of nitrogens with one attached hydrogen (secondary N) is 2. The van der Waals surface area contributed by atoms with Crippen molar-refractivity contribution in [2.24, 2.45) is 5.92 Å². The van der Waals surface area contributed by atoms with Gasteiger partial charge < -0.3 is 10.1 Å². The van der Waals surface area contributed by atoms with Crippen molar-refractivity contribution < 1.29 is 37.1 Å². The minimum Gasteiger partial charge on any atom is -0.430 e. The molecule has 2 fully saturated rings. The van der Waals surface area contributed by atoms with Crippen LogP contribution in [0.4, 0.5) is 0 Å². The Hall–Kier alpha value is -4.04. The van der Waals surface area contributed by atoms with Crippen LogP contribution in [0.5, 0.6) is 0 Å². The van der Waals surface area contributed by atoms with Gasteiger partial charge >= 0.3 is 5.97 Å². The van der Waals surface area contributed by atoms with Crippen molar-refractivity contribution in [1.29, 1.82) is 0 Å². The normalized spacial score (nSPS) is 19.0. The van der Waals surface area contributed by atoms with Gasteiger partial charge in [-0.05, 0) is 66.6 Å². The summed E-state index contributed by atoms with van der Waals surface area (Å²) < 4.78 is 34.9. The summed E-state index contributed by atoms with van der Waals surface area (Å²) in [5.41, 5.74) is -0.194. The number of hydrogen-bond acceptors (Lipinski definition) is 8. The first-order chi connectivity index (χ1) is 23.3. The molecule has 0 bridgehead atoms. The predicted octanol–water partition coefficient (Wildman–Crippen LogP) is 4.63. The zero-order valence-corrected chi connectivity index (χ0v) is 29.2. The number of carbonyl (C=O) groups is 5. The summed E-state index contributed by atoms with van der Waals surface area (Å²) in [6, 6.07) is 13.4. The molecule has 3 aromatic carbocycles. The number of nitrogens with zero attached hydrogens (tertiary/aromatic N) is 2. The van der Waals surface area contributed by atoms with Crippen molar-refractivity contribution in [3.8, 4) is 0 Å². The third-order valence-corrected chi connectivity index (χ3v) is 10.5. The number of fused-ring (bicyclic) bond motifs is 2. The van der Waals surface area contributed by atoms with Crippen LogP contribution in [0.25, 0.3) is 10.8 Å². The third kappa shape index (κ3) is 8.23. The summed E-state index contributed by atoms with van der Waals surface area (Å²) >= 11 is 12.4. The molecule has 3 atom stereocenters. The molecule has 5 rings (SSSR count). The SMILES string of the molecule is CC(C)CCC(=O)C(NC(=O)[C@@H]1CCCN2C(=O)CCC(NS(=O)(=O)c3ccc4ccccc4c3)C(=O)N12)OC(=O)c1c(Cl)cccc1Cl. The third-order valence-electron chi connectivity index (χ3n) is 8.42. The molecule has 0 aromatic heterocycles. The molecular formula is C34H36Cl2N4O8S. The first-order valence-corrected chi connectivity index (χ1v) is 18.1. The standard InChI is InChI=1S/C34H36Cl2N4O8S/c1-20(2)12-16-28(41)32(48-34(45)30-24(35)9-5-10-25(30)36)37-31(43)27-11-6-18-39-29(42)17-15-26(33(44)40(27)39)38-49(46,47)23-14-13-21-7-3-4-8-22(21)19-23/h3-5,7-10,13-14,19-20,26-27,32,38H,6,11-12,15-18H2,1-2H3,(H,37,43)/t26?,27-,32?/m0/s1. The second kappa shape index (κ2) is 15.2. The topological polar surface area (TPSA) is 159 Å². The molecule has 2 unspecified atom stereocenters. The van der Waals surface area contributed by atoms with Crippen molar-refractivity contribution in [3.63, 3.8) is 0 Å². The maximum atomic E-state index is 14.0. The number of halogens is 2. The van der Waals surface area contributed by atoms with E-state index < -0.39 is 57.8 Å².